The summed E-state index contributed by atoms with van der Waals surface area (Å²) in [4.78, 5) is 18.1. The third-order valence-corrected chi connectivity index (χ3v) is 6.50. The molecule has 2 N–H and O–H groups in total. The van der Waals surface area contributed by atoms with Crippen molar-refractivity contribution < 1.29 is 4.79 Å². The van der Waals surface area contributed by atoms with Crippen molar-refractivity contribution in [2.24, 2.45) is 5.73 Å². The van der Waals surface area contributed by atoms with Gasteiger partial charge in [-0.2, -0.15) is 9.61 Å². The molecule has 5 rings (SSSR count). The molecule has 1 aliphatic carbocycles. The van der Waals surface area contributed by atoms with Gasteiger partial charge in [0.25, 0.3) is 5.78 Å². The van der Waals surface area contributed by atoms with E-state index in [1.807, 2.05) is 4.40 Å². The largest absolute Gasteiger partial charge is 0.369 e. The minimum absolute atomic E-state index is 0.169. The third-order valence-electron chi connectivity index (χ3n) is 4.28. The van der Waals surface area contributed by atoms with E-state index in [1.165, 1.54) is 35.0 Å². The number of nitrogens with two attached hydrogens (primary N) is 1. The fourth-order valence-corrected chi connectivity index (χ4v) is 5.42. The molecular formula is C14H13N7OS2. The summed E-state index contributed by atoms with van der Waals surface area (Å²) in [6.45, 7) is 0. The van der Waals surface area contributed by atoms with Gasteiger partial charge in [0.15, 0.2) is 10.8 Å². The van der Waals surface area contributed by atoms with Crippen LogP contribution in [0.1, 0.15) is 23.3 Å². The smallest absolute Gasteiger partial charge is 0.260 e. The van der Waals surface area contributed by atoms with Gasteiger partial charge in [-0.25, -0.2) is 9.38 Å². The second kappa shape index (κ2) is 5.15. The Morgan fingerprint density at radius 3 is 3.08 bits per heavy atom. The van der Waals surface area contributed by atoms with E-state index in [2.05, 4.69) is 20.3 Å². The van der Waals surface area contributed by atoms with Gasteiger partial charge in [-0.15, -0.1) is 21.5 Å². The number of rotatable bonds is 3. The summed E-state index contributed by atoms with van der Waals surface area (Å²) in [5.41, 5.74) is 7.48. The normalized spacial score (nSPS) is 14.7. The number of thioether (sulfide) groups is 1. The minimum atomic E-state index is -0.375. The van der Waals surface area contributed by atoms with Crippen LogP contribution in [-0.4, -0.2) is 40.9 Å². The lowest BCUT2D eigenvalue weighted by molar-refractivity contribution is -0.115. The van der Waals surface area contributed by atoms with E-state index in [-0.39, 0.29) is 11.7 Å². The molecule has 1 amide bonds. The van der Waals surface area contributed by atoms with Gasteiger partial charge in [0.1, 0.15) is 11.2 Å². The number of aryl methyl sites for hydroxylation is 2. The summed E-state index contributed by atoms with van der Waals surface area (Å²) in [5, 5.41) is 14.6. The van der Waals surface area contributed by atoms with E-state index >= 15 is 0 Å². The molecule has 24 heavy (non-hydrogen) atoms. The summed E-state index contributed by atoms with van der Waals surface area (Å²) < 4.78 is 3.71. The van der Waals surface area contributed by atoms with Crippen molar-refractivity contribution in [2.75, 3.05) is 5.75 Å². The highest BCUT2D eigenvalue weighted by Gasteiger charge is 2.24. The summed E-state index contributed by atoms with van der Waals surface area (Å²) in [7, 11) is 0. The highest BCUT2D eigenvalue weighted by atomic mass is 32.2. The Labute approximate surface area is 144 Å². The Morgan fingerprint density at radius 1 is 1.33 bits per heavy atom. The predicted molar refractivity (Wildman–Crippen MR) is 91.5 cm³/mol. The summed E-state index contributed by atoms with van der Waals surface area (Å²) >= 11 is 3.07. The number of thiophene rings is 1. The average molecular weight is 359 g/mol. The van der Waals surface area contributed by atoms with Crippen molar-refractivity contribution in [3.8, 4) is 0 Å². The van der Waals surface area contributed by atoms with Crippen LogP contribution in [0.3, 0.4) is 0 Å². The van der Waals surface area contributed by atoms with Crippen molar-refractivity contribution in [1.29, 1.82) is 0 Å². The van der Waals surface area contributed by atoms with E-state index < -0.39 is 0 Å². The zero-order chi connectivity index (χ0) is 16.3. The molecule has 0 saturated heterocycles. The fourth-order valence-electron chi connectivity index (χ4n) is 3.30. The van der Waals surface area contributed by atoms with Crippen LogP contribution in [0.4, 0.5) is 0 Å². The van der Waals surface area contributed by atoms with Gasteiger partial charge >= 0.3 is 0 Å². The molecule has 0 aromatic carbocycles. The van der Waals surface area contributed by atoms with Crippen LogP contribution in [0.25, 0.3) is 21.6 Å². The molecule has 0 fully saturated rings. The molecule has 4 aromatic rings. The van der Waals surface area contributed by atoms with Gasteiger partial charge in [-0.3, -0.25) is 4.79 Å². The first-order valence-corrected chi connectivity index (χ1v) is 9.46. The molecule has 0 aliphatic heterocycles. The second-order valence-electron chi connectivity index (χ2n) is 5.76. The van der Waals surface area contributed by atoms with Crippen LogP contribution in [-0.2, 0) is 17.6 Å². The average Bonchev–Trinajstić information content (AvgIpc) is 3.27. The lowest BCUT2D eigenvalue weighted by Crippen LogP contribution is -2.13. The fraction of sp³-hybridized carbons (Fsp3) is 0.357. The first-order valence-electron chi connectivity index (χ1n) is 7.66. The molecule has 0 spiro atoms. The lowest BCUT2D eigenvalue weighted by Gasteiger charge is -2.10. The first kappa shape index (κ1) is 14.2. The maximum Gasteiger partial charge on any atom is 0.260 e. The molecular weight excluding hydrogens is 346 g/mol. The number of carbonyl (C=O) groups is 1. The highest BCUT2D eigenvalue weighted by molar-refractivity contribution is 7.99. The number of amides is 1. The highest BCUT2D eigenvalue weighted by Crippen LogP contribution is 2.39. The zero-order valence-electron chi connectivity index (χ0n) is 12.6. The van der Waals surface area contributed by atoms with E-state index in [1.54, 1.807) is 22.2 Å². The molecule has 0 bridgehead atoms. The number of nitrogens with zero attached hydrogens (tertiary/aromatic N) is 6. The SMILES string of the molecule is NC(=O)CSc1nnc2n3ncnc3c3c4c(sc3n12)CCCC4. The molecule has 0 atom stereocenters. The predicted octanol–water partition coefficient (Wildman–Crippen LogP) is 1.44. The number of aromatic nitrogens is 6. The molecule has 0 unspecified atom stereocenters. The van der Waals surface area contributed by atoms with Gasteiger partial charge in [0.05, 0.1) is 11.1 Å². The molecule has 122 valence electrons. The van der Waals surface area contributed by atoms with E-state index in [9.17, 15) is 4.79 Å². The number of fused-ring (bicyclic) bond motifs is 8. The van der Waals surface area contributed by atoms with Gasteiger partial charge < -0.3 is 5.73 Å². The maximum atomic E-state index is 11.1. The number of carbonyl (C=O) groups excluding carboxylic acids is 1. The standard InChI is InChI=1S/C14H13N7OS2/c15-9(22)5-23-14-19-18-13-20(14)12-10(11-16-6-17-21(11)13)7-3-1-2-4-8(7)24-12/h6H,1-5H2,(H2,15,22). The molecule has 10 heteroatoms. The van der Waals surface area contributed by atoms with Gasteiger partial charge in [-0.1, -0.05) is 11.8 Å². The van der Waals surface area contributed by atoms with Crippen LogP contribution >= 0.6 is 23.1 Å². The zero-order valence-corrected chi connectivity index (χ0v) is 14.2. The third kappa shape index (κ3) is 1.89. The Hall–Kier alpha value is -2.20. The van der Waals surface area contributed by atoms with E-state index in [4.69, 9.17) is 5.73 Å². The van der Waals surface area contributed by atoms with Gasteiger partial charge in [0, 0.05) is 4.88 Å². The van der Waals surface area contributed by atoms with E-state index in [0.29, 0.717) is 10.9 Å². The summed E-state index contributed by atoms with van der Waals surface area (Å²) in [5.74, 6) is 0.406. The Kier molecular flexibility index (Phi) is 3.04. The molecule has 8 nitrogen and oxygen atoms in total. The van der Waals surface area contributed by atoms with Crippen LogP contribution in [0, 0.1) is 0 Å². The number of hydrogen-bond donors (Lipinski definition) is 1. The van der Waals surface area contributed by atoms with Crippen LogP contribution in [0.5, 0.6) is 0 Å². The molecule has 1 aliphatic rings. The minimum Gasteiger partial charge on any atom is -0.369 e. The number of hydrogen-bond acceptors (Lipinski definition) is 7. The van der Waals surface area contributed by atoms with Crippen LogP contribution < -0.4 is 5.73 Å². The Morgan fingerprint density at radius 2 is 2.21 bits per heavy atom. The van der Waals surface area contributed by atoms with Crippen molar-refractivity contribution in [2.45, 2.75) is 30.8 Å². The van der Waals surface area contributed by atoms with E-state index in [0.717, 1.165) is 28.7 Å². The topological polar surface area (TPSA) is 103 Å². The molecule has 4 heterocycles. The van der Waals surface area contributed by atoms with Gasteiger partial charge in [-0.05, 0) is 31.2 Å². The lowest BCUT2D eigenvalue weighted by atomic mass is 9.97. The van der Waals surface area contributed by atoms with Crippen molar-refractivity contribution in [1.82, 2.24) is 29.2 Å². The molecule has 4 aromatic heterocycles. The number of primary amides is 1. The quantitative estimate of drug-likeness (QED) is 0.555. The summed E-state index contributed by atoms with van der Waals surface area (Å²) in [6, 6.07) is 0. The molecule has 0 saturated carbocycles. The first-order chi connectivity index (χ1) is 11.7. The van der Waals surface area contributed by atoms with Crippen molar-refractivity contribution >= 4 is 50.6 Å². The van der Waals surface area contributed by atoms with Gasteiger partial charge in [0.2, 0.25) is 5.91 Å². The van der Waals surface area contributed by atoms with Crippen molar-refractivity contribution in [3.63, 3.8) is 0 Å². The van der Waals surface area contributed by atoms with Crippen LogP contribution in [0.2, 0.25) is 0 Å². The Bertz CT molecular complexity index is 1110. The van der Waals surface area contributed by atoms with Crippen molar-refractivity contribution in [3.05, 3.63) is 16.8 Å². The molecule has 0 radical (unpaired) electrons. The summed E-state index contributed by atoms with van der Waals surface area (Å²) in [6.07, 6.45) is 6.13. The Balaban J connectivity index is 1.89. The van der Waals surface area contributed by atoms with Crippen LogP contribution in [0.15, 0.2) is 11.5 Å². The second-order valence-corrected chi connectivity index (χ2v) is 7.79. The maximum absolute atomic E-state index is 11.1. The monoisotopic (exact) mass is 359 g/mol.